The molecular weight excluding hydrogens is 288 g/mol. The van der Waals surface area contributed by atoms with Crippen LogP contribution in [-0.2, 0) is 0 Å². The first-order chi connectivity index (χ1) is 11.3. The number of hydrogen-bond acceptors (Lipinski definition) is 3. The van der Waals surface area contributed by atoms with Crippen LogP contribution in [0.2, 0.25) is 0 Å². The number of ether oxygens (including phenoxy) is 1. The second-order valence-corrected chi connectivity index (χ2v) is 5.89. The summed E-state index contributed by atoms with van der Waals surface area (Å²) in [6, 6.07) is 18.9. The Kier molecular flexibility index (Phi) is 3.52. The minimum Gasteiger partial charge on any atom is -0.493 e. The standard InChI is InChI=1S/C20H18O3/c21-12-16(22)10-11-23-18-9-7-15-5-4-13-2-1-3-14-6-8-17(18)20(15)19(13)14/h1-9,16,21-22H,10-12H2/t16-/m0/s1. The van der Waals surface area contributed by atoms with Crippen LogP contribution in [0.5, 0.6) is 5.75 Å². The minimum atomic E-state index is -0.727. The lowest BCUT2D eigenvalue weighted by atomic mass is 9.94. The van der Waals surface area contributed by atoms with Gasteiger partial charge in [-0.1, -0.05) is 42.5 Å². The highest BCUT2D eigenvalue weighted by Gasteiger charge is 2.11. The largest absolute Gasteiger partial charge is 0.493 e. The summed E-state index contributed by atoms with van der Waals surface area (Å²) in [7, 11) is 0. The molecule has 0 aliphatic rings. The Labute approximate surface area is 134 Å². The van der Waals surface area contributed by atoms with Crippen molar-refractivity contribution in [1.82, 2.24) is 0 Å². The second kappa shape index (κ2) is 5.69. The molecule has 4 rings (SSSR count). The van der Waals surface area contributed by atoms with E-state index in [0.717, 1.165) is 11.1 Å². The molecule has 23 heavy (non-hydrogen) atoms. The lowest BCUT2D eigenvalue weighted by molar-refractivity contribution is 0.0756. The smallest absolute Gasteiger partial charge is 0.127 e. The van der Waals surface area contributed by atoms with Crippen molar-refractivity contribution in [2.75, 3.05) is 13.2 Å². The second-order valence-electron chi connectivity index (χ2n) is 5.89. The molecule has 1 atom stereocenters. The van der Waals surface area contributed by atoms with Gasteiger partial charge in [0.2, 0.25) is 0 Å². The van der Waals surface area contributed by atoms with Crippen LogP contribution in [0.3, 0.4) is 0 Å². The molecule has 0 fully saturated rings. The third-order valence-electron chi connectivity index (χ3n) is 4.41. The van der Waals surface area contributed by atoms with Crippen LogP contribution >= 0.6 is 0 Å². The molecule has 0 aliphatic carbocycles. The Morgan fingerprint density at radius 1 is 0.826 bits per heavy atom. The van der Waals surface area contributed by atoms with Crippen LogP contribution in [0.4, 0.5) is 0 Å². The fourth-order valence-electron chi connectivity index (χ4n) is 3.23. The predicted octanol–water partition coefficient (Wildman–Crippen LogP) is 3.71. The molecule has 0 aromatic heterocycles. The summed E-state index contributed by atoms with van der Waals surface area (Å²) >= 11 is 0. The van der Waals surface area contributed by atoms with E-state index in [0.29, 0.717) is 13.0 Å². The summed E-state index contributed by atoms with van der Waals surface area (Å²) in [5.41, 5.74) is 0. The molecule has 3 nitrogen and oxygen atoms in total. The Hall–Kier alpha value is -2.36. The van der Waals surface area contributed by atoms with Crippen LogP contribution in [0.25, 0.3) is 32.3 Å². The van der Waals surface area contributed by atoms with E-state index in [1.165, 1.54) is 26.9 Å². The van der Waals surface area contributed by atoms with Gasteiger partial charge in [0.05, 0.1) is 19.3 Å². The Morgan fingerprint density at radius 2 is 1.48 bits per heavy atom. The minimum absolute atomic E-state index is 0.234. The van der Waals surface area contributed by atoms with Gasteiger partial charge in [0.1, 0.15) is 5.75 Å². The highest BCUT2D eigenvalue weighted by Crippen LogP contribution is 2.38. The van der Waals surface area contributed by atoms with Crippen molar-refractivity contribution in [1.29, 1.82) is 0 Å². The van der Waals surface area contributed by atoms with Gasteiger partial charge in [-0.25, -0.2) is 0 Å². The summed E-state index contributed by atoms with van der Waals surface area (Å²) < 4.78 is 5.86. The summed E-state index contributed by atoms with van der Waals surface area (Å²) in [6.45, 7) is 0.146. The molecular formula is C20H18O3. The number of rotatable bonds is 5. The molecule has 0 heterocycles. The molecule has 3 heteroatoms. The van der Waals surface area contributed by atoms with Gasteiger partial charge in [-0.2, -0.15) is 0 Å². The zero-order valence-electron chi connectivity index (χ0n) is 12.7. The van der Waals surface area contributed by atoms with Crippen molar-refractivity contribution in [3.63, 3.8) is 0 Å². The van der Waals surface area contributed by atoms with Crippen molar-refractivity contribution in [3.05, 3.63) is 54.6 Å². The first-order valence-corrected chi connectivity index (χ1v) is 7.86. The lowest BCUT2D eigenvalue weighted by Crippen LogP contribution is -2.15. The predicted molar refractivity (Wildman–Crippen MR) is 93.4 cm³/mol. The van der Waals surface area contributed by atoms with Crippen molar-refractivity contribution < 1.29 is 14.9 Å². The van der Waals surface area contributed by atoms with E-state index >= 15 is 0 Å². The maximum absolute atomic E-state index is 9.44. The van der Waals surface area contributed by atoms with Crippen LogP contribution in [0.1, 0.15) is 6.42 Å². The molecule has 0 amide bonds. The quantitative estimate of drug-likeness (QED) is 0.553. The van der Waals surface area contributed by atoms with Crippen molar-refractivity contribution in [3.8, 4) is 5.75 Å². The molecule has 0 bridgehead atoms. The van der Waals surface area contributed by atoms with E-state index in [2.05, 4.69) is 48.5 Å². The molecule has 0 spiro atoms. The third kappa shape index (κ3) is 2.38. The van der Waals surface area contributed by atoms with E-state index in [4.69, 9.17) is 9.84 Å². The van der Waals surface area contributed by atoms with E-state index in [9.17, 15) is 5.11 Å². The van der Waals surface area contributed by atoms with Gasteiger partial charge in [0, 0.05) is 17.2 Å². The summed E-state index contributed by atoms with van der Waals surface area (Å²) in [5, 5.41) is 25.6. The van der Waals surface area contributed by atoms with Gasteiger partial charge in [-0.05, 0) is 33.7 Å². The van der Waals surface area contributed by atoms with Crippen LogP contribution < -0.4 is 4.74 Å². The SMILES string of the molecule is OC[C@@H](O)CCOc1ccc2ccc3cccc4ccc1c2c34. The van der Waals surface area contributed by atoms with Crippen molar-refractivity contribution in [2.45, 2.75) is 12.5 Å². The Balaban J connectivity index is 1.83. The molecule has 4 aromatic rings. The molecule has 2 N–H and O–H groups in total. The third-order valence-corrected chi connectivity index (χ3v) is 4.41. The number of aliphatic hydroxyl groups excluding tert-OH is 2. The fraction of sp³-hybridized carbons (Fsp3) is 0.200. The maximum Gasteiger partial charge on any atom is 0.127 e. The van der Waals surface area contributed by atoms with Gasteiger partial charge < -0.3 is 14.9 Å². The van der Waals surface area contributed by atoms with Crippen LogP contribution in [-0.4, -0.2) is 29.5 Å². The topological polar surface area (TPSA) is 49.7 Å². The average molecular weight is 306 g/mol. The van der Waals surface area contributed by atoms with Crippen molar-refractivity contribution in [2.24, 2.45) is 0 Å². The van der Waals surface area contributed by atoms with E-state index < -0.39 is 6.10 Å². The zero-order valence-corrected chi connectivity index (χ0v) is 12.7. The van der Waals surface area contributed by atoms with Gasteiger partial charge in [0.15, 0.2) is 0 Å². The molecule has 0 aliphatic heterocycles. The molecule has 4 aromatic carbocycles. The molecule has 0 saturated heterocycles. The average Bonchev–Trinajstić information content (AvgIpc) is 2.60. The van der Waals surface area contributed by atoms with E-state index in [1.807, 2.05) is 6.07 Å². The maximum atomic E-state index is 9.44. The van der Waals surface area contributed by atoms with Gasteiger partial charge >= 0.3 is 0 Å². The van der Waals surface area contributed by atoms with Crippen molar-refractivity contribution >= 4 is 32.3 Å². The van der Waals surface area contributed by atoms with Gasteiger partial charge in [-0.3, -0.25) is 0 Å². The normalized spacial score (nSPS) is 13.1. The first-order valence-electron chi connectivity index (χ1n) is 7.86. The summed E-state index contributed by atoms with van der Waals surface area (Å²) in [6.07, 6.45) is -0.312. The number of hydrogen-bond donors (Lipinski definition) is 2. The Bertz CT molecular complexity index is 945. The first kappa shape index (κ1) is 14.2. The van der Waals surface area contributed by atoms with Crippen LogP contribution in [0, 0.1) is 0 Å². The van der Waals surface area contributed by atoms with E-state index in [-0.39, 0.29) is 6.61 Å². The van der Waals surface area contributed by atoms with Gasteiger partial charge in [0.25, 0.3) is 0 Å². The van der Waals surface area contributed by atoms with E-state index in [1.54, 1.807) is 0 Å². The Morgan fingerprint density at radius 3 is 2.22 bits per heavy atom. The van der Waals surface area contributed by atoms with Gasteiger partial charge in [-0.15, -0.1) is 0 Å². The summed E-state index contributed by atoms with van der Waals surface area (Å²) in [4.78, 5) is 0. The molecule has 0 saturated carbocycles. The zero-order chi connectivity index (χ0) is 15.8. The highest BCUT2D eigenvalue weighted by atomic mass is 16.5. The highest BCUT2D eigenvalue weighted by molar-refractivity contribution is 6.24. The fourth-order valence-corrected chi connectivity index (χ4v) is 3.23. The lowest BCUT2D eigenvalue weighted by Gasteiger charge is -2.15. The van der Waals surface area contributed by atoms with Crippen LogP contribution in [0.15, 0.2) is 54.6 Å². The molecule has 0 unspecified atom stereocenters. The monoisotopic (exact) mass is 306 g/mol. The number of benzene rings is 4. The molecule has 116 valence electrons. The molecule has 0 radical (unpaired) electrons. The summed E-state index contributed by atoms with van der Waals surface area (Å²) in [5.74, 6) is 0.820. The number of aliphatic hydroxyl groups is 2.